The lowest BCUT2D eigenvalue weighted by Crippen LogP contribution is -1.52. The molecular weight excluding hydrogens is 263 g/mol. The van der Waals surface area contributed by atoms with Gasteiger partial charge in [-0.05, 0) is 22.6 Å². The highest BCUT2D eigenvalue weighted by molar-refractivity contribution is 14.1. The minimum absolute atomic E-state index is 1.38. The highest BCUT2D eigenvalue weighted by Gasteiger charge is 1.99. The van der Waals surface area contributed by atoms with Gasteiger partial charge in [0, 0.05) is 29.8 Å². The van der Waals surface area contributed by atoms with Gasteiger partial charge in [0.15, 0.2) is 0 Å². The second-order valence-electron chi connectivity index (χ2n) is 1.73. The molecule has 0 saturated heterocycles. The molecule has 0 unspecified atom stereocenters. The number of hydrogen-bond acceptors (Lipinski definition) is 2. The van der Waals surface area contributed by atoms with E-state index in [2.05, 4.69) is 38.7 Å². The first kappa shape index (κ1) is 6.12. The number of hydrogen-bond donors (Lipinski definition) is 0. The van der Waals surface area contributed by atoms with Crippen LogP contribution in [0.1, 0.15) is 0 Å². The SMILES string of the molecule is Ic1csc2cscc12. The lowest BCUT2D eigenvalue weighted by Gasteiger charge is -1.73. The van der Waals surface area contributed by atoms with Gasteiger partial charge in [-0.2, -0.15) is 11.3 Å². The normalized spacial score (nSPS) is 10.8. The summed E-state index contributed by atoms with van der Waals surface area (Å²) < 4.78 is 2.80. The highest BCUT2D eigenvalue weighted by atomic mass is 127. The molecule has 0 saturated carbocycles. The third-order valence-electron chi connectivity index (χ3n) is 1.17. The summed E-state index contributed by atoms with van der Waals surface area (Å²) in [6.07, 6.45) is 0. The Morgan fingerprint density at radius 1 is 1.22 bits per heavy atom. The van der Waals surface area contributed by atoms with Crippen molar-refractivity contribution in [2.24, 2.45) is 0 Å². The molecule has 0 spiro atoms. The van der Waals surface area contributed by atoms with Gasteiger partial charge >= 0.3 is 0 Å². The lowest BCUT2D eigenvalue weighted by molar-refractivity contribution is 2.03. The predicted octanol–water partition coefficient (Wildman–Crippen LogP) is 3.57. The maximum Gasteiger partial charge on any atom is 0.0460 e. The van der Waals surface area contributed by atoms with E-state index >= 15 is 0 Å². The van der Waals surface area contributed by atoms with Crippen LogP contribution in [0.2, 0.25) is 0 Å². The number of halogens is 1. The summed E-state index contributed by atoms with van der Waals surface area (Å²) in [5.41, 5.74) is 0. The zero-order valence-electron chi connectivity index (χ0n) is 4.43. The molecule has 0 nitrogen and oxygen atoms in total. The van der Waals surface area contributed by atoms with Crippen molar-refractivity contribution in [2.75, 3.05) is 0 Å². The highest BCUT2D eigenvalue weighted by Crippen LogP contribution is 2.29. The first-order valence-electron chi connectivity index (χ1n) is 2.47. The van der Waals surface area contributed by atoms with Crippen LogP contribution in [-0.4, -0.2) is 0 Å². The van der Waals surface area contributed by atoms with E-state index in [1.165, 1.54) is 13.7 Å². The van der Waals surface area contributed by atoms with Crippen molar-refractivity contribution in [1.82, 2.24) is 0 Å². The maximum atomic E-state index is 2.37. The van der Waals surface area contributed by atoms with Gasteiger partial charge in [-0.1, -0.05) is 0 Å². The number of thiophene rings is 2. The molecule has 0 radical (unpaired) electrons. The maximum absolute atomic E-state index is 2.37. The third kappa shape index (κ3) is 0.911. The van der Waals surface area contributed by atoms with Crippen molar-refractivity contribution >= 4 is 55.4 Å². The molecule has 2 rings (SSSR count). The molecule has 0 aliphatic carbocycles. The van der Waals surface area contributed by atoms with E-state index in [1.807, 2.05) is 11.3 Å². The summed E-state index contributed by atoms with van der Waals surface area (Å²) in [5, 5.41) is 8.01. The van der Waals surface area contributed by atoms with Gasteiger partial charge in [-0.15, -0.1) is 11.3 Å². The molecule has 0 aliphatic heterocycles. The van der Waals surface area contributed by atoms with Crippen LogP contribution in [0, 0.1) is 3.57 Å². The monoisotopic (exact) mass is 266 g/mol. The Hall–Kier alpha value is 0.390. The summed E-state index contributed by atoms with van der Waals surface area (Å²) in [4.78, 5) is 0. The molecule has 0 N–H and O–H groups in total. The third-order valence-corrected chi connectivity index (χ3v) is 4.33. The predicted molar refractivity (Wildman–Crippen MR) is 52.4 cm³/mol. The van der Waals surface area contributed by atoms with Crippen LogP contribution in [0.4, 0.5) is 0 Å². The Morgan fingerprint density at radius 2 is 2.11 bits per heavy atom. The van der Waals surface area contributed by atoms with Crippen LogP contribution in [-0.2, 0) is 0 Å². The van der Waals surface area contributed by atoms with Crippen LogP contribution >= 0.6 is 45.3 Å². The topological polar surface area (TPSA) is 0 Å². The molecule has 2 aromatic heterocycles. The Balaban J connectivity index is 2.99. The van der Waals surface area contributed by atoms with Crippen LogP contribution in [0.25, 0.3) is 10.1 Å². The van der Waals surface area contributed by atoms with Crippen LogP contribution in [0.15, 0.2) is 16.1 Å². The Morgan fingerprint density at radius 3 is 2.89 bits per heavy atom. The molecule has 46 valence electrons. The first-order valence-corrected chi connectivity index (χ1v) is 5.37. The molecule has 2 heterocycles. The van der Waals surface area contributed by atoms with Crippen molar-refractivity contribution in [3.05, 3.63) is 19.7 Å². The smallest absolute Gasteiger partial charge is 0.0460 e. The van der Waals surface area contributed by atoms with Crippen molar-refractivity contribution in [2.45, 2.75) is 0 Å². The second kappa shape index (κ2) is 2.21. The first-order chi connectivity index (χ1) is 4.38. The summed E-state index contributed by atoms with van der Waals surface area (Å²) in [6, 6.07) is 0. The van der Waals surface area contributed by atoms with Crippen molar-refractivity contribution in [1.29, 1.82) is 0 Å². The summed E-state index contributed by atoms with van der Waals surface area (Å²) in [5.74, 6) is 0. The van der Waals surface area contributed by atoms with Crippen LogP contribution < -0.4 is 0 Å². The zero-order valence-corrected chi connectivity index (χ0v) is 8.22. The van der Waals surface area contributed by atoms with E-state index in [0.29, 0.717) is 0 Å². The minimum Gasteiger partial charge on any atom is -0.150 e. The van der Waals surface area contributed by atoms with Gasteiger partial charge in [-0.3, -0.25) is 0 Å². The summed E-state index contributed by atoms with van der Waals surface area (Å²) in [6.45, 7) is 0. The van der Waals surface area contributed by atoms with E-state index in [-0.39, 0.29) is 0 Å². The average Bonchev–Trinajstić information content (AvgIpc) is 2.35. The minimum atomic E-state index is 1.38. The fraction of sp³-hybridized carbons (Fsp3) is 0. The van der Waals surface area contributed by atoms with Gasteiger partial charge < -0.3 is 0 Å². The number of fused-ring (bicyclic) bond motifs is 1. The van der Waals surface area contributed by atoms with Crippen molar-refractivity contribution < 1.29 is 0 Å². The average molecular weight is 266 g/mol. The largest absolute Gasteiger partial charge is 0.150 e. The lowest BCUT2D eigenvalue weighted by atomic mass is 10.4. The van der Waals surface area contributed by atoms with Gasteiger partial charge in [-0.25, -0.2) is 0 Å². The molecule has 0 atom stereocenters. The quantitative estimate of drug-likeness (QED) is 0.639. The number of rotatable bonds is 0. The van der Waals surface area contributed by atoms with Gasteiger partial charge in [0.1, 0.15) is 0 Å². The van der Waals surface area contributed by atoms with Gasteiger partial charge in [0.25, 0.3) is 0 Å². The molecule has 2 aromatic rings. The zero-order chi connectivity index (χ0) is 6.27. The molecular formula is C6H3IS2. The van der Waals surface area contributed by atoms with Crippen molar-refractivity contribution in [3.63, 3.8) is 0 Å². The summed E-state index contributed by atoms with van der Waals surface area (Å²) >= 11 is 5.97. The molecule has 0 aliphatic rings. The molecule has 0 fully saturated rings. The second-order valence-corrected chi connectivity index (χ2v) is 4.55. The Labute approximate surface area is 74.7 Å². The molecule has 3 heteroatoms. The van der Waals surface area contributed by atoms with E-state index in [4.69, 9.17) is 0 Å². The van der Waals surface area contributed by atoms with Crippen LogP contribution in [0.5, 0.6) is 0 Å². The fourth-order valence-corrected chi connectivity index (χ4v) is 3.78. The van der Waals surface area contributed by atoms with E-state index < -0.39 is 0 Å². The Kier molecular flexibility index (Phi) is 1.51. The van der Waals surface area contributed by atoms with Gasteiger partial charge in [0.2, 0.25) is 0 Å². The Bertz CT molecular complexity index is 320. The fourth-order valence-electron chi connectivity index (χ4n) is 0.729. The molecule has 0 amide bonds. The van der Waals surface area contributed by atoms with Gasteiger partial charge in [0.05, 0.1) is 0 Å². The van der Waals surface area contributed by atoms with Crippen LogP contribution in [0.3, 0.4) is 0 Å². The molecule has 9 heavy (non-hydrogen) atoms. The molecule has 0 bridgehead atoms. The van der Waals surface area contributed by atoms with E-state index in [9.17, 15) is 0 Å². The standard InChI is InChI=1S/C6H3IS2/c7-5-2-9-6-3-8-1-4(5)6/h1-3H. The summed E-state index contributed by atoms with van der Waals surface area (Å²) in [7, 11) is 0. The van der Waals surface area contributed by atoms with Crippen molar-refractivity contribution in [3.8, 4) is 0 Å². The molecule has 0 aromatic carbocycles. The van der Waals surface area contributed by atoms with E-state index in [1.54, 1.807) is 11.3 Å². The van der Waals surface area contributed by atoms with E-state index in [0.717, 1.165) is 0 Å².